The van der Waals surface area contributed by atoms with Gasteiger partial charge in [-0.25, -0.2) is 8.42 Å². The van der Waals surface area contributed by atoms with Crippen LogP contribution in [0.3, 0.4) is 0 Å². The Balaban J connectivity index is 1.34. The molecule has 6 nitrogen and oxygen atoms in total. The van der Waals surface area contributed by atoms with Crippen molar-refractivity contribution < 1.29 is 17.9 Å². The van der Waals surface area contributed by atoms with Crippen molar-refractivity contribution in [2.45, 2.75) is 18.9 Å². The molecule has 2 atom stereocenters. The normalized spacial score (nSPS) is 28.4. The van der Waals surface area contributed by atoms with Crippen molar-refractivity contribution in [2.75, 3.05) is 44.3 Å². The molecule has 0 bridgehead atoms. The van der Waals surface area contributed by atoms with Gasteiger partial charge in [0.15, 0.2) is 9.84 Å². The molecule has 0 spiro atoms. The molecule has 0 unspecified atom stereocenters. The predicted molar refractivity (Wildman–Crippen MR) is 99.4 cm³/mol. The highest BCUT2D eigenvalue weighted by atomic mass is 35.5. The maximum atomic E-state index is 12.9. The summed E-state index contributed by atoms with van der Waals surface area (Å²) >= 11 is 6.05. The van der Waals surface area contributed by atoms with Crippen molar-refractivity contribution in [1.29, 1.82) is 0 Å². The number of hydrogen-bond donors (Lipinski definition) is 0. The zero-order valence-corrected chi connectivity index (χ0v) is 16.1. The lowest BCUT2D eigenvalue weighted by molar-refractivity contribution is -0.139. The molecule has 3 aliphatic rings. The third kappa shape index (κ3) is 3.70. The molecule has 0 radical (unpaired) electrons. The Morgan fingerprint density at radius 3 is 2.65 bits per heavy atom. The third-order valence-electron chi connectivity index (χ3n) is 5.63. The van der Waals surface area contributed by atoms with E-state index in [-0.39, 0.29) is 29.4 Å². The van der Waals surface area contributed by atoms with Crippen molar-refractivity contribution in [1.82, 2.24) is 9.80 Å². The highest BCUT2D eigenvalue weighted by Crippen LogP contribution is 2.30. The molecular formula is C18H23ClN2O4S. The second-order valence-electron chi connectivity index (χ2n) is 7.38. The second-order valence-corrected chi connectivity index (χ2v) is 10.0. The summed E-state index contributed by atoms with van der Waals surface area (Å²) in [6.07, 6.45) is 1.36. The van der Waals surface area contributed by atoms with E-state index in [1.807, 2.05) is 17.0 Å². The molecule has 4 rings (SSSR count). The van der Waals surface area contributed by atoms with Crippen molar-refractivity contribution in [2.24, 2.45) is 5.92 Å². The van der Waals surface area contributed by atoms with Crippen LogP contribution in [0.25, 0.3) is 0 Å². The number of hydrogen-bond acceptors (Lipinski definition) is 5. The number of fused-ring (bicyclic) bond motifs is 1. The summed E-state index contributed by atoms with van der Waals surface area (Å²) in [5, 5.41) is 0.653. The van der Waals surface area contributed by atoms with Gasteiger partial charge in [0.05, 0.1) is 17.4 Å². The van der Waals surface area contributed by atoms with Crippen molar-refractivity contribution in [3.8, 4) is 5.75 Å². The lowest BCUT2D eigenvalue weighted by Gasteiger charge is -2.39. The van der Waals surface area contributed by atoms with Gasteiger partial charge in [-0.15, -0.1) is 0 Å². The van der Waals surface area contributed by atoms with Gasteiger partial charge in [0.25, 0.3) is 0 Å². The lowest BCUT2D eigenvalue weighted by atomic mass is 9.95. The van der Waals surface area contributed by atoms with E-state index in [0.29, 0.717) is 37.6 Å². The van der Waals surface area contributed by atoms with Crippen LogP contribution in [0.1, 0.15) is 12.0 Å². The van der Waals surface area contributed by atoms with E-state index in [1.54, 1.807) is 6.07 Å². The Bertz CT molecular complexity index is 805. The first-order chi connectivity index (χ1) is 12.4. The van der Waals surface area contributed by atoms with E-state index in [2.05, 4.69) is 4.90 Å². The fourth-order valence-corrected chi connectivity index (χ4v) is 6.11. The van der Waals surface area contributed by atoms with Crippen LogP contribution in [-0.2, 0) is 21.1 Å². The first kappa shape index (κ1) is 18.1. The van der Waals surface area contributed by atoms with Gasteiger partial charge in [-0.3, -0.25) is 9.69 Å². The fourth-order valence-electron chi connectivity index (χ4n) is 4.15. The topological polar surface area (TPSA) is 66.9 Å². The number of carbonyl (C=O) groups is 1. The van der Waals surface area contributed by atoms with E-state index >= 15 is 0 Å². The van der Waals surface area contributed by atoms with Crippen LogP contribution in [0.15, 0.2) is 18.2 Å². The van der Waals surface area contributed by atoms with Crippen LogP contribution in [0.4, 0.5) is 0 Å². The van der Waals surface area contributed by atoms with Gasteiger partial charge in [-0.1, -0.05) is 11.6 Å². The van der Waals surface area contributed by atoms with Crippen LogP contribution in [0.2, 0.25) is 5.02 Å². The fraction of sp³-hybridized carbons (Fsp3) is 0.611. The van der Waals surface area contributed by atoms with Crippen LogP contribution in [-0.4, -0.2) is 74.5 Å². The molecule has 8 heteroatoms. The average Bonchev–Trinajstić information content (AvgIpc) is 3.00. The summed E-state index contributed by atoms with van der Waals surface area (Å²) in [7, 11) is -2.87. The second kappa shape index (κ2) is 7.02. The number of amides is 1. The Morgan fingerprint density at radius 1 is 1.19 bits per heavy atom. The average molecular weight is 399 g/mol. The Hall–Kier alpha value is -1.31. The molecule has 0 saturated carbocycles. The molecule has 26 heavy (non-hydrogen) atoms. The molecule has 2 saturated heterocycles. The Morgan fingerprint density at radius 2 is 1.96 bits per heavy atom. The monoisotopic (exact) mass is 398 g/mol. The molecule has 1 aromatic rings. The summed E-state index contributed by atoms with van der Waals surface area (Å²) in [6.45, 7) is 3.17. The van der Waals surface area contributed by atoms with Crippen LogP contribution >= 0.6 is 11.6 Å². The molecule has 2 fully saturated rings. The van der Waals surface area contributed by atoms with Gasteiger partial charge in [0.1, 0.15) is 12.4 Å². The maximum absolute atomic E-state index is 12.9. The minimum Gasteiger partial charge on any atom is -0.492 e. The minimum atomic E-state index is -2.87. The summed E-state index contributed by atoms with van der Waals surface area (Å²) in [5.74, 6) is 1.30. The standard InChI is InChI=1S/C18H23ClN2O4S/c19-15-1-2-17-13(10-15)9-14(11-25-17)18(22)21-6-4-20(5-7-21)16-3-8-26(23,24)12-16/h1-2,10,14,16H,3-9,11-12H2/t14-,16-/m0/s1. The molecule has 3 heterocycles. The molecule has 3 aliphatic heterocycles. The summed E-state index contributed by atoms with van der Waals surface area (Å²) < 4.78 is 29.1. The summed E-state index contributed by atoms with van der Waals surface area (Å²) in [6, 6.07) is 5.64. The smallest absolute Gasteiger partial charge is 0.229 e. The summed E-state index contributed by atoms with van der Waals surface area (Å²) in [5.41, 5.74) is 0.983. The first-order valence-corrected chi connectivity index (χ1v) is 11.3. The maximum Gasteiger partial charge on any atom is 0.229 e. The lowest BCUT2D eigenvalue weighted by Crippen LogP contribution is -2.54. The third-order valence-corrected chi connectivity index (χ3v) is 7.61. The van der Waals surface area contributed by atoms with Crippen molar-refractivity contribution in [3.05, 3.63) is 28.8 Å². The molecule has 1 aromatic carbocycles. The number of carbonyl (C=O) groups excluding carboxylic acids is 1. The number of sulfone groups is 1. The number of halogens is 1. The van der Waals surface area contributed by atoms with Gasteiger partial charge in [0.2, 0.25) is 5.91 Å². The first-order valence-electron chi connectivity index (χ1n) is 9.06. The molecule has 1 amide bonds. The number of piperazine rings is 1. The van der Waals surface area contributed by atoms with Crippen molar-refractivity contribution >= 4 is 27.3 Å². The van der Waals surface area contributed by atoms with E-state index in [4.69, 9.17) is 16.3 Å². The molecule has 142 valence electrons. The van der Waals surface area contributed by atoms with E-state index in [0.717, 1.165) is 24.4 Å². The number of nitrogens with zero attached hydrogens (tertiary/aromatic N) is 2. The highest BCUT2D eigenvalue weighted by Gasteiger charge is 2.36. The molecule has 0 aromatic heterocycles. The Kier molecular flexibility index (Phi) is 4.88. The van der Waals surface area contributed by atoms with E-state index in [9.17, 15) is 13.2 Å². The zero-order valence-electron chi connectivity index (χ0n) is 14.6. The van der Waals surface area contributed by atoms with Gasteiger partial charge >= 0.3 is 0 Å². The minimum absolute atomic E-state index is 0.115. The summed E-state index contributed by atoms with van der Waals surface area (Å²) in [4.78, 5) is 17.0. The number of rotatable bonds is 2. The quantitative estimate of drug-likeness (QED) is 0.749. The van der Waals surface area contributed by atoms with Crippen LogP contribution in [0.5, 0.6) is 5.75 Å². The van der Waals surface area contributed by atoms with Crippen molar-refractivity contribution in [3.63, 3.8) is 0 Å². The van der Waals surface area contributed by atoms with Gasteiger partial charge in [-0.2, -0.15) is 0 Å². The highest BCUT2D eigenvalue weighted by molar-refractivity contribution is 7.91. The van der Waals surface area contributed by atoms with E-state index < -0.39 is 9.84 Å². The van der Waals surface area contributed by atoms with Crippen LogP contribution < -0.4 is 4.74 Å². The predicted octanol–water partition coefficient (Wildman–Crippen LogP) is 1.22. The number of ether oxygens (including phenoxy) is 1. The SMILES string of the molecule is O=C([C@@H]1COc2ccc(Cl)cc2C1)N1CCN([C@H]2CCS(=O)(=O)C2)CC1. The molecule has 0 N–H and O–H groups in total. The molecule has 0 aliphatic carbocycles. The van der Waals surface area contributed by atoms with Crippen LogP contribution in [0, 0.1) is 5.92 Å². The van der Waals surface area contributed by atoms with Gasteiger partial charge in [0, 0.05) is 37.2 Å². The van der Waals surface area contributed by atoms with Gasteiger partial charge in [-0.05, 0) is 36.6 Å². The molecular weight excluding hydrogens is 376 g/mol. The van der Waals surface area contributed by atoms with E-state index in [1.165, 1.54) is 0 Å². The largest absolute Gasteiger partial charge is 0.492 e. The van der Waals surface area contributed by atoms with Gasteiger partial charge < -0.3 is 9.64 Å². The zero-order chi connectivity index (χ0) is 18.3. The Labute approximate surface area is 159 Å². The number of benzene rings is 1.